The van der Waals surface area contributed by atoms with Gasteiger partial charge in [0.15, 0.2) is 11.5 Å². The van der Waals surface area contributed by atoms with Crippen molar-refractivity contribution in [3.05, 3.63) is 53.6 Å². The van der Waals surface area contributed by atoms with Crippen LogP contribution < -0.4 is 14.2 Å². The van der Waals surface area contributed by atoms with E-state index in [0.717, 1.165) is 22.6 Å². The lowest BCUT2D eigenvalue weighted by atomic mass is 10.1. The van der Waals surface area contributed by atoms with Crippen molar-refractivity contribution < 1.29 is 19.3 Å². The van der Waals surface area contributed by atoms with E-state index in [9.17, 15) is 0 Å². The molecule has 1 N–H and O–H groups in total. The van der Waals surface area contributed by atoms with Crippen LogP contribution in [0.5, 0.6) is 17.2 Å². The lowest BCUT2D eigenvalue weighted by molar-refractivity contribution is 0.173. The maximum atomic E-state index is 8.97. The summed E-state index contributed by atoms with van der Waals surface area (Å²) in [6, 6.07) is 13.2. The van der Waals surface area contributed by atoms with Gasteiger partial charge in [-0.2, -0.15) is 0 Å². The largest absolute Gasteiger partial charge is 0.489 e. The quantitative estimate of drug-likeness (QED) is 0.915. The van der Waals surface area contributed by atoms with E-state index in [2.05, 4.69) is 0 Å². The summed E-state index contributed by atoms with van der Waals surface area (Å²) in [5.41, 5.74) is 1.95. The fourth-order valence-electron chi connectivity index (χ4n) is 1.87. The Bertz CT molecular complexity index is 563. The van der Waals surface area contributed by atoms with Gasteiger partial charge in [-0.3, -0.25) is 0 Å². The maximum absolute atomic E-state index is 8.97. The number of ether oxygens (including phenoxy) is 3. The third-order valence-electron chi connectivity index (χ3n) is 2.96. The molecule has 0 aliphatic carbocycles. The molecule has 2 aromatic carbocycles. The van der Waals surface area contributed by atoms with E-state index in [-0.39, 0.29) is 13.4 Å². The van der Waals surface area contributed by atoms with Crippen molar-refractivity contribution >= 4 is 0 Å². The second-order valence-electron chi connectivity index (χ2n) is 4.28. The van der Waals surface area contributed by atoms with Gasteiger partial charge in [-0.15, -0.1) is 0 Å². The molecule has 0 amide bonds. The molecule has 4 heteroatoms. The topological polar surface area (TPSA) is 47.9 Å². The minimum atomic E-state index is 0.0588. The zero-order chi connectivity index (χ0) is 13.1. The maximum Gasteiger partial charge on any atom is 0.231 e. The van der Waals surface area contributed by atoms with E-state index in [4.69, 9.17) is 19.3 Å². The van der Waals surface area contributed by atoms with Crippen LogP contribution in [-0.2, 0) is 13.2 Å². The number of aliphatic hydroxyl groups excluding tert-OH is 1. The van der Waals surface area contributed by atoms with Crippen molar-refractivity contribution in [1.82, 2.24) is 0 Å². The first-order valence-electron chi connectivity index (χ1n) is 6.06. The Kier molecular flexibility index (Phi) is 3.25. The molecule has 0 atom stereocenters. The SMILES string of the molecule is OCc1ccc(COc2ccc3c(c2)OCO3)cc1. The highest BCUT2D eigenvalue weighted by Crippen LogP contribution is 2.35. The van der Waals surface area contributed by atoms with Crippen molar-refractivity contribution in [3.8, 4) is 17.2 Å². The molecule has 4 nitrogen and oxygen atoms in total. The van der Waals surface area contributed by atoms with Crippen LogP contribution >= 0.6 is 0 Å². The molecular weight excluding hydrogens is 244 g/mol. The molecule has 2 aromatic rings. The molecule has 1 aliphatic rings. The minimum Gasteiger partial charge on any atom is -0.489 e. The zero-order valence-electron chi connectivity index (χ0n) is 10.3. The predicted molar refractivity (Wildman–Crippen MR) is 69.3 cm³/mol. The molecule has 19 heavy (non-hydrogen) atoms. The van der Waals surface area contributed by atoms with E-state index >= 15 is 0 Å². The third-order valence-corrected chi connectivity index (χ3v) is 2.96. The fraction of sp³-hybridized carbons (Fsp3) is 0.200. The highest BCUT2D eigenvalue weighted by molar-refractivity contribution is 5.46. The summed E-state index contributed by atoms with van der Waals surface area (Å²) in [5, 5.41) is 8.97. The van der Waals surface area contributed by atoms with Gasteiger partial charge in [0, 0.05) is 6.07 Å². The molecule has 0 fully saturated rings. The predicted octanol–water partition coefficient (Wildman–Crippen LogP) is 2.49. The molecule has 1 aliphatic heterocycles. The first kappa shape index (κ1) is 11.9. The molecule has 3 rings (SSSR count). The van der Waals surface area contributed by atoms with Crippen molar-refractivity contribution in [3.63, 3.8) is 0 Å². The highest BCUT2D eigenvalue weighted by atomic mass is 16.7. The Morgan fingerprint density at radius 1 is 0.947 bits per heavy atom. The average molecular weight is 258 g/mol. The summed E-state index contributed by atoms with van der Waals surface area (Å²) in [7, 11) is 0. The molecule has 0 saturated carbocycles. The van der Waals surface area contributed by atoms with Crippen molar-refractivity contribution in [1.29, 1.82) is 0 Å². The number of benzene rings is 2. The van der Waals surface area contributed by atoms with Crippen LogP contribution in [0.4, 0.5) is 0 Å². The van der Waals surface area contributed by atoms with Crippen LogP contribution in [0, 0.1) is 0 Å². The van der Waals surface area contributed by atoms with Gasteiger partial charge in [-0.1, -0.05) is 24.3 Å². The van der Waals surface area contributed by atoms with E-state index < -0.39 is 0 Å². The molecule has 0 unspecified atom stereocenters. The van der Waals surface area contributed by atoms with E-state index in [0.29, 0.717) is 12.4 Å². The third kappa shape index (κ3) is 2.63. The lowest BCUT2D eigenvalue weighted by Gasteiger charge is -2.07. The standard InChI is InChI=1S/C15H14O4/c16-8-11-1-3-12(4-2-11)9-17-13-5-6-14-15(7-13)19-10-18-14/h1-7,16H,8-10H2. The number of hydrogen-bond donors (Lipinski definition) is 1. The minimum absolute atomic E-state index is 0.0588. The van der Waals surface area contributed by atoms with Crippen LogP contribution in [0.1, 0.15) is 11.1 Å². The van der Waals surface area contributed by atoms with E-state index in [1.54, 1.807) is 0 Å². The van der Waals surface area contributed by atoms with Crippen LogP contribution in [0.2, 0.25) is 0 Å². The van der Waals surface area contributed by atoms with Crippen LogP contribution in [-0.4, -0.2) is 11.9 Å². The van der Waals surface area contributed by atoms with Gasteiger partial charge in [-0.05, 0) is 23.3 Å². The lowest BCUT2D eigenvalue weighted by Crippen LogP contribution is -1.96. The molecule has 0 bridgehead atoms. The summed E-state index contributed by atoms with van der Waals surface area (Å²) < 4.78 is 16.2. The first-order valence-corrected chi connectivity index (χ1v) is 6.06. The van der Waals surface area contributed by atoms with Gasteiger partial charge in [0.1, 0.15) is 12.4 Å². The Morgan fingerprint density at radius 2 is 1.68 bits per heavy atom. The molecule has 1 heterocycles. The Balaban J connectivity index is 1.65. The molecule has 0 spiro atoms. The second-order valence-corrected chi connectivity index (χ2v) is 4.28. The molecule has 0 radical (unpaired) electrons. The number of rotatable bonds is 4. The number of aliphatic hydroxyl groups is 1. The summed E-state index contributed by atoms with van der Waals surface area (Å²) in [5.74, 6) is 2.21. The van der Waals surface area contributed by atoms with Crippen LogP contribution in [0.25, 0.3) is 0 Å². The van der Waals surface area contributed by atoms with Crippen molar-refractivity contribution in [2.75, 3.05) is 6.79 Å². The fourth-order valence-corrected chi connectivity index (χ4v) is 1.87. The van der Waals surface area contributed by atoms with Crippen molar-refractivity contribution in [2.24, 2.45) is 0 Å². The summed E-state index contributed by atoms with van der Waals surface area (Å²) in [4.78, 5) is 0. The smallest absolute Gasteiger partial charge is 0.231 e. The summed E-state index contributed by atoms with van der Waals surface area (Å²) in [6.07, 6.45) is 0. The van der Waals surface area contributed by atoms with E-state index in [1.165, 1.54) is 0 Å². The summed E-state index contributed by atoms with van der Waals surface area (Å²) >= 11 is 0. The van der Waals surface area contributed by atoms with Gasteiger partial charge in [0.05, 0.1) is 6.61 Å². The van der Waals surface area contributed by atoms with Crippen molar-refractivity contribution in [2.45, 2.75) is 13.2 Å². The Morgan fingerprint density at radius 3 is 2.47 bits per heavy atom. The molecule has 0 aromatic heterocycles. The second kappa shape index (κ2) is 5.20. The number of fused-ring (bicyclic) bond motifs is 1. The number of hydrogen-bond acceptors (Lipinski definition) is 4. The monoisotopic (exact) mass is 258 g/mol. The van der Waals surface area contributed by atoms with Gasteiger partial charge in [0.25, 0.3) is 0 Å². The molecular formula is C15H14O4. The highest BCUT2D eigenvalue weighted by Gasteiger charge is 2.13. The van der Waals surface area contributed by atoms with Gasteiger partial charge < -0.3 is 19.3 Å². The molecule has 0 saturated heterocycles. The van der Waals surface area contributed by atoms with Gasteiger partial charge in [-0.25, -0.2) is 0 Å². The van der Waals surface area contributed by atoms with Crippen LogP contribution in [0.15, 0.2) is 42.5 Å². The molecule has 98 valence electrons. The van der Waals surface area contributed by atoms with Gasteiger partial charge >= 0.3 is 0 Å². The van der Waals surface area contributed by atoms with Gasteiger partial charge in [0.2, 0.25) is 6.79 Å². The zero-order valence-corrected chi connectivity index (χ0v) is 10.3. The normalized spacial score (nSPS) is 12.5. The van der Waals surface area contributed by atoms with E-state index in [1.807, 2.05) is 42.5 Å². The van der Waals surface area contributed by atoms with Crippen LogP contribution in [0.3, 0.4) is 0 Å². The Hall–Kier alpha value is -2.20. The first-order chi connectivity index (χ1) is 9.35. The Labute approximate surface area is 111 Å². The summed E-state index contributed by atoms with van der Waals surface area (Å²) in [6.45, 7) is 0.802. The average Bonchev–Trinajstić information content (AvgIpc) is 2.93.